The van der Waals surface area contributed by atoms with E-state index in [0.29, 0.717) is 22.3 Å². The fraction of sp³-hybridized carbons (Fsp3) is 0.241. The lowest BCUT2D eigenvalue weighted by molar-refractivity contribution is -0.121. The first kappa shape index (κ1) is 26.0. The molecule has 38 heavy (non-hydrogen) atoms. The summed E-state index contributed by atoms with van der Waals surface area (Å²) >= 11 is 7.45. The molecule has 0 fully saturated rings. The maximum atomic E-state index is 12.8. The minimum Gasteiger partial charge on any atom is -0.497 e. The van der Waals surface area contributed by atoms with Crippen molar-refractivity contribution in [2.75, 3.05) is 12.4 Å². The van der Waals surface area contributed by atoms with Gasteiger partial charge in [-0.2, -0.15) is 10.1 Å². The van der Waals surface area contributed by atoms with Crippen LogP contribution in [0.4, 0.5) is 5.69 Å². The molecule has 0 unspecified atom stereocenters. The number of benzene rings is 3. The van der Waals surface area contributed by atoms with Crippen molar-refractivity contribution in [3.63, 3.8) is 0 Å². The van der Waals surface area contributed by atoms with E-state index in [0.717, 1.165) is 28.2 Å². The molecule has 5 rings (SSSR count). The van der Waals surface area contributed by atoms with Crippen molar-refractivity contribution in [3.8, 4) is 5.75 Å². The van der Waals surface area contributed by atoms with Gasteiger partial charge in [-0.15, -0.1) is 0 Å². The van der Waals surface area contributed by atoms with Crippen molar-refractivity contribution < 1.29 is 14.3 Å². The van der Waals surface area contributed by atoms with E-state index in [1.807, 2.05) is 49.2 Å². The minimum absolute atomic E-state index is 0.0000845. The molecule has 9 heteroatoms. The van der Waals surface area contributed by atoms with Gasteiger partial charge in [0.25, 0.3) is 5.91 Å². The molecule has 2 aliphatic rings. The lowest BCUT2D eigenvalue weighted by Crippen LogP contribution is -2.25. The lowest BCUT2D eigenvalue weighted by atomic mass is 9.98. The van der Waals surface area contributed by atoms with Crippen LogP contribution in [0.25, 0.3) is 0 Å². The molecule has 0 saturated carbocycles. The molecular weight excluding hydrogens is 520 g/mol. The molecule has 0 bridgehead atoms. The number of halogens is 1. The monoisotopic (exact) mass is 546 g/mol. The van der Waals surface area contributed by atoms with E-state index in [-0.39, 0.29) is 24.3 Å². The summed E-state index contributed by atoms with van der Waals surface area (Å²) in [5, 5.41) is 10.0. The average Bonchev–Trinajstić information content (AvgIpc) is 3.51. The number of nitrogens with zero attached hydrogens (tertiary/aromatic N) is 3. The van der Waals surface area contributed by atoms with Gasteiger partial charge in [-0.05, 0) is 66.9 Å². The number of methoxy groups -OCH3 is 1. The highest BCUT2D eigenvalue weighted by Crippen LogP contribution is 2.39. The Morgan fingerprint density at radius 1 is 1.11 bits per heavy atom. The fourth-order valence-electron chi connectivity index (χ4n) is 4.35. The Balaban J connectivity index is 1.34. The highest BCUT2D eigenvalue weighted by molar-refractivity contribution is 8.15. The van der Waals surface area contributed by atoms with Gasteiger partial charge in [0.2, 0.25) is 5.91 Å². The summed E-state index contributed by atoms with van der Waals surface area (Å²) in [5.41, 5.74) is 5.64. The van der Waals surface area contributed by atoms with Gasteiger partial charge in [0.15, 0.2) is 5.17 Å². The SMILES string of the molecule is COc1ccc(C2=NN(C3=NC(=O)[C@@H](CC(=O)Nc4ccc(C)c(Cl)c4)S3)[C@H](c3ccc(C)cc3)C2)cc1. The number of ether oxygens (including phenoxy) is 1. The predicted molar refractivity (Wildman–Crippen MR) is 153 cm³/mol. The Morgan fingerprint density at radius 2 is 1.84 bits per heavy atom. The topological polar surface area (TPSA) is 83.4 Å². The highest BCUT2D eigenvalue weighted by Gasteiger charge is 2.39. The zero-order chi connectivity index (χ0) is 26.8. The van der Waals surface area contributed by atoms with Crippen LogP contribution >= 0.6 is 23.4 Å². The van der Waals surface area contributed by atoms with Gasteiger partial charge in [0.05, 0.1) is 18.9 Å². The van der Waals surface area contributed by atoms with Crippen LogP contribution in [-0.4, -0.2) is 40.1 Å². The Morgan fingerprint density at radius 3 is 2.53 bits per heavy atom. The van der Waals surface area contributed by atoms with Crippen LogP contribution in [0.5, 0.6) is 5.75 Å². The second kappa shape index (κ2) is 11.0. The normalized spacial score (nSPS) is 18.8. The summed E-state index contributed by atoms with van der Waals surface area (Å²) in [5.74, 6) is 0.165. The second-order valence-electron chi connectivity index (χ2n) is 9.31. The van der Waals surface area contributed by atoms with E-state index in [4.69, 9.17) is 21.4 Å². The Kier molecular flexibility index (Phi) is 7.53. The number of nitrogens with one attached hydrogen (secondary N) is 1. The molecule has 0 aliphatic carbocycles. The van der Waals surface area contributed by atoms with Crippen LogP contribution < -0.4 is 10.1 Å². The van der Waals surface area contributed by atoms with Crippen LogP contribution in [0.2, 0.25) is 5.02 Å². The van der Waals surface area contributed by atoms with Crippen molar-refractivity contribution in [2.24, 2.45) is 10.1 Å². The Labute approximate surface area is 230 Å². The number of amidine groups is 1. The van der Waals surface area contributed by atoms with E-state index in [1.54, 1.807) is 19.2 Å². The van der Waals surface area contributed by atoms with Gasteiger partial charge in [-0.1, -0.05) is 59.3 Å². The molecule has 2 atom stereocenters. The molecule has 194 valence electrons. The molecule has 7 nitrogen and oxygen atoms in total. The molecule has 2 amide bonds. The van der Waals surface area contributed by atoms with Crippen molar-refractivity contribution in [2.45, 2.75) is 38.0 Å². The molecule has 0 aromatic heterocycles. The molecule has 0 radical (unpaired) electrons. The highest BCUT2D eigenvalue weighted by atomic mass is 35.5. The predicted octanol–water partition coefficient (Wildman–Crippen LogP) is 6.14. The number of hydrazone groups is 1. The van der Waals surface area contributed by atoms with Crippen molar-refractivity contribution >= 4 is 51.7 Å². The van der Waals surface area contributed by atoms with E-state index in [2.05, 4.69) is 34.6 Å². The number of amides is 2. The smallest absolute Gasteiger partial charge is 0.262 e. The summed E-state index contributed by atoms with van der Waals surface area (Å²) < 4.78 is 5.29. The number of hydrogen-bond acceptors (Lipinski definition) is 6. The largest absolute Gasteiger partial charge is 0.497 e. The molecule has 3 aromatic rings. The number of hydrogen-bond donors (Lipinski definition) is 1. The van der Waals surface area contributed by atoms with E-state index in [9.17, 15) is 9.59 Å². The van der Waals surface area contributed by atoms with Crippen LogP contribution in [-0.2, 0) is 9.59 Å². The van der Waals surface area contributed by atoms with E-state index < -0.39 is 5.25 Å². The Bertz CT molecular complexity index is 1440. The summed E-state index contributed by atoms with van der Waals surface area (Å²) in [7, 11) is 1.64. The summed E-state index contributed by atoms with van der Waals surface area (Å²) in [6.45, 7) is 3.94. The second-order valence-corrected chi connectivity index (χ2v) is 10.9. The third kappa shape index (κ3) is 5.61. The molecule has 1 N–H and O–H groups in total. The van der Waals surface area contributed by atoms with E-state index >= 15 is 0 Å². The summed E-state index contributed by atoms with van der Waals surface area (Å²) in [6, 6.07) is 21.3. The number of carbonyl (C=O) groups is 2. The number of anilines is 1. The molecule has 2 heterocycles. The van der Waals surface area contributed by atoms with E-state index in [1.165, 1.54) is 17.3 Å². The standard InChI is InChI=1S/C29H27ClN4O3S/c1-17-4-7-20(8-5-17)25-15-24(19-9-12-22(37-3)13-10-19)33-34(25)29-32-28(36)26(38-29)16-27(35)31-21-11-6-18(2)23(30)14-21/h4-14,25-26H,15-16H2,1-3H3,(H,31,35)/t25-,26+/m0/s1. The number of aryl methyl sites for hydroxylation is 2. The average molecular weight is 547 g/mol. The number of aliphatic imine (C=N–C) groups is 1. The van der Waals surface area contributed by atoms with Gasteiger partial charge >= 0.3 is 0 Å². The number of rotatable bonds is 6. The first-order valence-electron chi connectivity index (χ1n) is 12.2. The zero-order valence-electron chi connectivity index (χ0n) is 21.3. The van der Waals surface area contributed by atoms with Gasteiger partial charge in [0.1, 0.15) is 11.0 Å². The summed E-state index contributed by atoms with van der Waals surface area (Å²) in [4.78, 5) is 29.9. The fourth-order valence-corrected chi connectivity index (χ4v) is 5.59. The maximum absolute atomic E-state index is 12.8. The number of carbonyl (C=O) groups excluding carboxylic acids is 2. The zero-order valence-corrected chi connectivity index (χ0v) is 22.8. The minimum atomic E-state index is -0.621. The molecule has 0 saturated heterocycles. The molecule has 2 aliphatic heterocycles. The summed E-state index contributed by atoms with van der Waals surface area (Å²) in [6.07, 6.45) is 0.655. The van der Waals surface area contributed by atoms with Gasteiger partial charge in [0, 0.05) is 23.6 Å². The lowest BCUT2D eigenvalue weighted by Gasteiger charge is -2.23. The van der Waals surface area contributed by atoms with Crippen molar-refractivity contribution in [1.29, 1.82) is 0 Å². The Hall–Kier alpha value is -3.62. The van der Waals surface area contributed by atoms with Gasteiger partial charge in [-0.25, -0.2) is 5.01 Å². The van der Waals surface area contributed by atoms with Crippen LogP contribution in [0, 0.1) is 13.8 Å². The van der Waals surface area contributed by atoms with Crippen LogP contribution in [0.3, 0.4) is 0 Å². The van der Waals surface area contributed by atoms with Crippen LogP contribution in [0.15, 0.2) is 76.8 Å². The molecular formula is C29H27ClN4O3S. The molecule has 3 aromatic carbocycles. The van der Waals surface area contributed by atoms with Gasteiger partial charge < -0.3 is 10.1 Å². The number of thioether (sulfide) groups is 1. The van der Waals surface area contributed by atoms with Crippen molar-refractivity contribution in [1.82, 2.24) is 5.01 Å². The first-order chi connectivity index (χ1) is 18.3. The van der Waals surface area contributed by atoms with Crippen LogP contribution in [0.1, 0.15) is 41.1 Å². The quantitative estimate of drug-likeness (QED) is 0.401. The maximum Gasteiger partial charge on any atom is 0.262 e. The third-order valence-electron chi connectivity index (χ3n) is 6.55. The molecule has 0 spiro atoms. The van der Waals surface area contributed by atoms with Gasteiger partial charge in [-0.3, -0.25) is 9.59 Å². The first-order valence-corrected chi connectivity index (χ1v) is 13.5. The van der Waals surface area contributed by atoms with Crippen molar-refractivity contribution in [3.05, 3.63) is 94.0 Å². The third-order valence-corrected chi connectivity index (χ3v) is 8.10.